The predicted octanol–water partition coefficient (Wildman–Crippen LogP) is 0.997. The van der Waals surface area contributed by atoms with Crippen molar-refractivity contribution in [3.05, 3.63) is 48.0 Å². The number of hydrogen-bond donors (Lipinski definition) is 1. The number of benzene rings is 2. The molecule has 2 atom stereocenters. The minimum Gasteiger partial charge on any atom is -0.373 e. The molecule has 0 saturated carbocycles. The molecule has 0 radical (unpaired) electrons. The van der Waals surface area contributed by atoms with Crippen LogP contribution in [0.25, 0.3) is 10.8 Å². The van der Waals surface area contributed by atoms with Crippen LogP contribution in [0.2, 0.25) is 0 Å². The van der Waals surface area contributed by atoms with Gasteiger partial charge in [-0.2, -0.15) is 17.0 Å². The fourth-order valence-corrected chi connectivity index (χ4v) is 6.37. The van der Waals surface area contributed by atoms with Gasteiger partial charge in [-0.1, -0.05) is 42.5 Å². The summed E-state index contributed by atoms with van der Waals surface area (Å²) in [6.45, 7) is 5.35. The van der Waals surface area contributed by atoms with Crippen LogP contribution in [-0.2, 0) is 31.0 Å². The Labute approximate surface area is 200 Å². The van der Waals surface area contributed by atoms with E-state index in [4.69, 9.17) is 4.74 Å². The van der Waals surface area contributed by atoms with Gasteiger partial charge in [0.2, 0.25) is 11.8 Å². The molecule has 0 bridgehead atoms. The Morgan fingerprint density at radius 1 is 0.941 bits per heavy atom. The lowest BCUT2D eigenvalue weighted by atomic mass is 10.0. The molecule has 4 rings (SSSR count). The normalized spacial score (nSPS) is 22.6. The molecule has 2 unspecified atom stereocenters. The van der Waals surface area contributed by atoms with Gasteiger partial charge in [0, 0.05) is 39.3 Å². The number of rotatable bonds is 6. The van der Waals surface area contributed by atoms with E-state index in [-0.39, 0.29) is 50.1 Å². The summed E-state index contributed by atoms with van der Waals surface area (Å²) in [5.74, 6) is -0.432. The Hall–Kier alpha value is -2.53. The SMILES string of the molecule is CC1CN(S(=O)(=O)N2CCN(C(=O)CNC(=O)Cc3cccc4ccccc34)CC2)CC(C)O1. The average Bonchev–Trinajstić information content (AvgIpc) is 2.82. The summed E-state index contributed by atoms with van der Waals surface area (Å²) in [6.07, 6.45) is -0.116. The maximum atomic E-state index is 13.0. The van der Waals surface area contributed by atoms with E-state index < -0.39 is 10.2 Å². The Morgan fingerprint density at radius 2 is 1.59 bits per heavy atom. The summed E-state index contributed by atoms with van der Waals surface area (Å²) < 4.78 is 34.6. The van der Waals surface area contributed by atoms with Gasteiger partial charge >= 0.3 is 0 Å². The molecule has 0 aliphatic carbocycles. The van der Waals surface area contributed by atoms with Crippen LogP contribution in [0.3, 0.4) is 0 Å². The highest BCUT2D eigenvalue weighted by atomic mass is 32.2. The first kappa shape index (κ1) is 24.6. The Bertz CT molecular complexity index is 1130. The van der Waals surface area contributed by atoms with Gasteiger partial charge in [0.05, 0.1) is 25.2 Å². The molecule has 2 aliphatic rings. The summed E-state index contributed by atoms with van der Waals surface area (Å²) in [7, 11) is -3.60. The maximum absolute atomic E-state index is 13.0. The van der Waals surface area contributed by atoms with Crippen molar-refractivity contribution in [3.8, 4) is 0 Å². The van der Waals surface area contributed by atoms with Crippen LogP contribution >= 0.6 is 0 Å². The van der Waals surface area contributed by atoms with Crippen molar-refractivity contribution in [1.82, 2.24) is 18.8 Å². The van der Waals surface area contributed by atoms with Gasteiger partial charge < -0.3 is 15.0 Å². The Morgan fingerprint density at radius 3 is 2.29 bits per heavy atom. The van der Waals surface area contributed by atoms with Gasteiger partial charge in [-0.05, 0) is 30.2 Å². The fourth-order valence-electron chi connectivity index (χ4n) is 4.62. The average molecular weight is 489 g/mol. The van der Waals surface area contributed by atoms with Crippen LogP contribution in [0.1, 0.15) is 19.4 Å². The van der Waals surface area contributed by atoms with Crippen molar-refractivity contribution < 1.29 is 22.7 Å². The largest absolute Gasteiger partial charge is 0.373 e. The molecule has 0 aromatic heterocycles. The highest BCUT2D eigenvalue weighted by molar-refractivity contribution is 7.86. The standard InChI is InChI=1S/C24H32N4O5S/c1-18-16-28(17-19(2)33-18)34(31,32)27-12-10-26(11-13-27)24(30)15-25-23(29)14-21-8-5-7-20-6-3-4-9-22(20)21/h3-9,18-19H,10-17H2,1-2H3,(H,25,29). The summed E-state index contributed by atoms with van der Waals surface area (Å²) in [5.41, 5.74) is 0.911. The molecule has 2 aromatic rings. The van der Waals surface area contributed by atoms with Crippen LogP contribution in [0, 0.1) is 0 Å². The van der Waals surface area contributed by atoms with Gasteiger partial charge in [0.15, 0.2) is 0 Å². The summed E-state index contributed by atoms with van der Waals surface area (Å²) in [5, 5.41) is 4.80. The monoisotopic (exact) mass is 488 g/mol. The first-order valence-corrected chi connectivity index (χ1v) is 13.1. The van der Waals surface area contributed by atoms with E-state index in [9.17, 15) is 18.0 Å². The van der Waals surface area contributed by atoms with Crippen molar-refractivity contribution in [2.75, 3.05) is 45.8 Å². The summed E-state index contributed by atoms with van der Waals surface area (Å²) in [6, 6.07) is 13.7. The van der Waals surface area contributed by atoms with Gasteiger partial charge in [-0.3, -0.25) is 9.59 Å². The number of hydrogen-bond acceptors (Lipinski definition) is 5. The zero-order chi connectivity index (χ0) is 24.3. The zero-order valence-corrected chi connectivity index (χ0v) is 20.5. The van der Waals surface area contributed by atoms with Crippen molar-refractivity contribution >= 4 is 32.8 Å². The molecule has 9 nitrogen and oxygen atoms in total. The molecule has 2 saturated heterocycles. The first-order valence-electron chi connectivity index (χ1n) is 11.7. The molecule has 184 valence electrons. The number of ether oxygens (including phenoxy) is 1. The summed E-state index contributed by atoms with van der Waals surface area (Å²) in [4.78, 5) is 26.7. The van der Waals surface area contributed by atoms with Crippen molar-refractivity contribution in [2.45, 2.75) is 32.5 Å². The molecule has 34 heavy (non-hydrogen) atoms. The third-order valence-electron chi connectivity index (χ3n) is 6.30. The number of nitrogens with zero attached hydrogens (tertiary/aromatic N) is 3. The van der Waals surface area contributed by atoms with Crippen LogP contribution in [0.5, 0.6) is 0 Å². The molecule has 2 aliphatic heterocycles. The van der Waals surface area contributed by atoms with E-state index in [0.717, 1.165) is 16.3 Å². The topological polar surface area (TPSA) is 99.3 Å². The molecule has 10 heteroatoms. The molecule has 2 heterocycles. The fraction of sp³-hybridized carbons (Fsp3) is 0.500. The van der Waals surface area contributed by atoms with Gasteiger partial charge in [-0.25, -0.2) is 0 Å². The van der Waals surface area contributed by atoms with Crippen LogP contribution in [0.4, 0.5) is 0 Å². The second-order valence-corrected chi connectivity index (χ2v) is 10.9. The zero-order valence-electron chi connectivity index (χ0n) is 19.6. The highest BCUT2D eigenvalue weighted by Crippen LogP contribution is 2.20. The predicted molar refractivity (Wildman–Crippen MR) is 129 cm³/mol. The Kier molecular flexibility index (Phi) is 7.51. The van der Waals surface area contributed by atoms with E-state index >= 15 is 0 Å². The quantitative estimate of drug-likeness (QED) is 0.654. The molecule has 2 fully saturated rings. The number of morpholine rings is 1. The second kappa shape index (κ2) is 10.4. The second-order valence-electron chi connectivity index (χ2n) is 8.95. The van der Waals surface area contributed by atoms with Crippen molar-refractivity contribution in [1.29, 1.82) is 0 Å². The number of carbonyl (C=O) groups is 2. The smallest absolute Gasteiger partial charge is 0.282 e. The molecular formula is C24H32N4O5S. The number of amides is 2. The lowest BCUT2D eigenvalue weighted by Crippen LogP contribution is -2.58. The van der Waals surface area contributed by atoms with E-state index in [0.29, 0.717) is 26.2 Å². The van der Waals surface area contributed by atoms with E-state index in [1.807, 2.05) is 56.3 Å². The lowest BCUT2D eigenvalue weighted by molar-refractivity contribution is -0.133. The van der Waals surface area contributed by atoms with Crippen LogP contribution in [0.15, 0.2) is 42.5 Å². The highest BCUT2D eigenvalue weighted by Gasteiger charge is 2.37. The third-order valence-corrected chi connectivity index (χ3v) is 8.27. The van der Waals surface area contributed by atoms with Crippen LogP contribution < -0.4 is 5.32 Å². The maximum Gasteiger partial charge on any atom is 0.282 e. The van der Waals surface area contributed by atoms with E-state index in [2.05, 4.69) is 5.32 Å². The Balaban J connectivity index is 1.26. The van der Waals surface area contributed by atoms with Gasteiger partial charge in [0.25, 0.3) is 10.2 Å². The van der Waals surface area contributed by atoms with Crippen molar-refractivity contribution in [3.63, 3.8) is 0 Å². The lowest BCUT2D eigenvalue weighted by Gasteiger charge is -2.40. The molecule has 1 N–H and O–H groups in total. The number of carbonyl (C=O) groups excluding carboxylic acids is 2. The third kappa shape index (κ3) is 5.57. The van der Waals surface area contributed by atoms with Gasteiger partial charge in [-0.15, -0.1) is 0 Å². The number of nitrogens with one attached hydrogen (secondary N) is 1. The molecular weight excluding hydrogens is 456 g/mol. The summed E-state index contributed by atoms with van der Waals surface area (Å²) >= 11 is 0. The van der Waals surface area contributed by atoms with E-state index in [1.54, 1.807) is 4.90 Å². The minimum absolute atomic E-state index is 0.102. The minimum atomic E-state index is -3.60. The van der Waals surface area contributed by atoms with Crippen LogP contribution in [-0.4, -0.2) is 91.8 Å². The molecule has 2 aromatic carbocycles. The van der Waals surface area contributed by atoms with E-state index in [1.165, 1.54) is 8.61 Å². The molecule has 0 spiro atoms. The number of piperazine rings is 1. The van der Waals surface area contributed by atoms with Gasteiger partial charge in [0.1, 0.15) is 0 Å². The number of fused-ring (bicyclic) bond motifs is 1. The first-order chi connectivity index (χ1) is 16.2. The molecule has 2 amide bonds. The van der Waals surface area contributed by atoms with Crippen molar-refractivity contribution in [2.24, 2.45) is 0 Å².